The predicted molar refractivity (Wildman–Crippen MR) is 55.0 cm³/mol. The molecular weight excluding hydrogens is 184 g/mol. The maximum atomic E-state index is 5.51. The van der Waals surface area contributed by atoms with Crippen molar-refractivity contribution >= 4 is 15.7 Å². The van der Waals surface area contributed by atoms with Crippen LogP contribution in [0.15, 0.2) is 24.3 Å². The molecule has 0 aliphatic carbocycles. The van der Waals surface area contributed by atoms with E-state index in [0.717, 1.165) is 11.4 Å². The lowest BCUT2D eigenvalue weighted by Gasteiger charge is -2.05. The van der Waals surface area contributed by atoms with Gasteiger partial charge in [0.25, 0.3) is 0 Å². The Hall–Kier alpha value is -1.04. The summed E-state index contributed by atoms with van der Waals surface area (Å²) in [5, 5.41) is 0. The van der Waals surface area contributed by atoms with Crippen molar-refractivity contribution in [3.05, 3.63) is 24.3 Å². The number of benzene rings is 1. The normalized spacial score (nSPS) is 10.8. The van der Waals surface area contributed by atoms with Gasteiger partial charge in [-0.3, -0.25) is 0 Å². The second kappa shape index (κ2) is 5.58. The third-order valence-electron chi connectivity index (χ3n) is 1.45. The van der Waals surface area contributed by atoms with Gasteiger partial charge in [-0.1, -0.05) is 0 Å². The van der Waals surface area contributed by atoms with Gasteiger partial charge >= 0.3 is 10.0 Å². The Kier molecular flexibility index (Phi) is 4.31. The highest BCUT2D eigenvalue weighted by Gasteiger charge is 1.92. The van der Waals surface area contributed by atoms with E-state index >= 15 is 0 Å². The van der Waals surface area contributed by atoms with Crippen LogP contribution in [0, 0.1) is 0 Å². The van der Waals surface area contributed by atoms with Crippen LogP contribution in [0.1, 0.15) is 0 Å². The zero-order valence-corrected chi connectivity index (χ0v) is 8.82. The molecule has 0 aliphatic rings. The molecule has 1 aromatic rings. The summed E-state index contributed by atoms with van der Waals surface area (Å²) in [4.78, 5) is 0. The molecule has 0 fully saturated rings. The number of nitrogens with two attached hydrogens (primary N) is 2. The van der Waals surface area contributed by atoms with Crippen molar-refractivity contribution in [2.75, 3.05) is 18.9 Å². The molecule has 0 spiro atoms. The van der Waals surface area contributed by atoms with Crippen LogP contribution in [0.3, 0.4) is 0 Å². The molecule has 1 aromatic carbocycles. The molecule has 0 heterocycles. The monoisotopic (exact) mass is 198 g/mol. The Balaban J connectivity index is 2.25. The van der Waals surface area contributed by atoms with Gasteiger partial charge in [-0.05, 0) is 24.3 Å². The summed E-state index contributed by atoms with van der Waals surface area (Å²) in [6.07, 6.45) is 0. The Bertz CT molecular complexity index is 240. The van der Waals surface area contributed by atoms with Crippen LogP contribution in [-0.4, -0.2) is 23.2 Å². The zero-order chi connectivity index (χ0) is 9.52. The molecule has 0 saturated carbocycles. The standard InChI is InChI=1S/C8H14N2O2Si/c9-5-6-11-13-12-8-3-1-7(10)2-4-8/h1-4H,5-6,9-10,13H2. The van der Waals surface area contributed by atoms with Gasteiger partial charge < -0.3 is 20.3 Å². The summed E-state index contributed by atoms with van der Waals surface area (Å²) in [5.41, 5.74) is 11.5. The fourth-order valence-corrected chi connectivity index (χ4v) is 1.51. The van der Waals surface area contributed by atoms with Gasteiger partial charge in [0.15, 0.2) is 0 Å². The fourth-order valence-electron chi connectivity index (χ4n) is 0.816. The molecule has 0 saturated heterocycles. The third-order valence-corrected chi connectivity index (χ3v) is 2.36. The van der Waals surface area contributed by atoms with E-state index in [4.69, 9.17) is 20.3 Å². The number of rotatable bonds is 5. The van der Waals surface area contributed by atoms with Crippen LogP contribution in [-0.2, 0) is 4.43 Å². The Morgan fingerprint density at radius 2 is 1.92 bits per heavy atom. The van der Waals surface area contributed by atoms with E-state index in [2.05, 4.69) is 0 Å². The topological polar surface area (TPSA) is 70.5 Å². The summed E-state index contributed by atoms with van der Waals surface area (Å²) in [7, 11) is -0.931. The van der Waals surface area contributed by atoms with E-state index in [1.807, 2.05) is 12.1 Å². The summed E-state index contributed by atoms with van der Waals surface area (Å²) in [5.74, 6) is 0.804. The first-order valence-corrected chi connectivity index (χ1v) is 5.24. The highest BCUT2D eigenvalue weighted by molar-refractivity contribution is 6.19. The van der Waals surface area contributed by atoms with Crippen LogP contribution < -0.4 is 15.9 Å². The van der Waals surface area contributed by atoms with Gasteiger partial charge in [0.2, 0.25) is 0 Å². The molecule has 0 aromatic heterocycles. The maximum absolute atomic E-state index is 5.51. The lowest BCUT2D eigenvalue weighted by atomic mass is 10.3. The molecule has 0 aliphatic heterocycles. The van der Waals surface area contributed by atoms with Crippen molar-refractivity contribution in [3.8, 4) is 5.75 Å². The van der Waals surface area contributed by atoms with Crippen molar-refractivity contribution in [3.63, 3.8) is 0 Å². The molecular formula is C8H14N2O2Si. The summed E-state index contributed by atoms with van der Waals surface area (Å²) in [6, 6.07) is 7.25. The van der Waals surface area contributed by atoms with Gasteiger partial charge in [0.05, 0.1) is 0 Å². The molecule has 0 bridgehead atoms. The quantitative estimate of drug-likeness (QED) is 0.384. The van der Waals surface area contributed by atoms with Crippen molar-refractivity contribution in [2.45, 2.75) is 0 Å². The number of nitrogen functional groups attached to an aromatic ring is 1. The van der Waals surface area contributed by atoms with Crippen LogP contribution in [0.25, 0.3) is 0 Å². The lowest BCUT2D eigenvalue weighted by molar-refractivity contribution is 0.298. The first-order chi connectivity index (χ1) is 6.33. The molecule has 72 valence electrons. The average Bonchev–Trinajstić information content (AvgIpc) is 2.15. The minimum atomic E-state index is -0.931. The lowest BCUT2D eigenvalue weighted by Crippen LogP contribution is -2.14. The van der Waals surface area contributed by atoms with Crippen molar-refractivity contribution in [2.24, 2.45) is 5.73 Å². The molecule has 0 atom stereocenters. The second-order valence-electron chi connectivity index (χ2n) is 2.53. The summed E-state index contributed by atoms with van der Waals surface area (Å²) < 4.78 is 10.5. The van der Waals surface area contributed by atoms with E-state index < -0.39 is 10.0 Å². The molecule has 13 heavy (non-hydrogen) atoms. The van der Waals surface area contributed by atoms with Crippen LogP contribution >= 0.6 is 0 Å². The molecule has 4 nitrogen and oxygen atoms in total. The number of anilines is 1. The van der Waals surface area contributed by atoms with Crippen LogP contribution in [0.2, 0.25) is 0 Å². The average molecular weight is 198 g/mol. The fraction of sp³-hybridized carbons (Fsp3) is 0.250. The Labute approximate surface area is 79.9 Å². The summed E-state index contributed by atoms with van der Waals surface area (Å²) >= 11 is 0. The number of hydrogen-bond acceptors (Lipinski definition) is 4. The maximum Gasteiger partial charge on any atom is 0.366 e. The minimum absolute atomic E-state index is 0.540. The Morgan fingerprint density at radius 3 is 2.54 bits per heavy atom. The third kappa shape index (κ3) is 3.93. The van der Waals surface area contributed by atoms with E-state index in [1.165, 1.54) is 0 Å². The minimum Gasteiger partial charge on any atom is -0.525 e. The zero-order valence-electron chi connectivity index (χ0n) is 7.40. The molecule has 4 N–H and O–H groups in total. The first kappa shape index (κ1) is 10.0. The molecule has 0 amide bonds. The highest BCUT2D eigenvalue weighted by Crippen LogP contribution is 2.12. The van der Waals surface area contributed by atoms with Gasteiger partial charge in [-0.15, -0.1) is 0 Å². The van der Waals surface area contributed by atoms with E-state index in [-0.39, 0.29) is 0 Å². The summed E-state index contributed by atoms with van der Waals surface area (Å²) in [6.45, 7) is 1.11. The second-order valence-corrected chi connectivity index (χ2v) is 3.46. The van der Waals surface area contributed by atoms with Gasteiger partial charge in [0.1, 0.15) is 5.75 Å². The van der Waals surface area contributed by atoms with Gasteiger partial charge in [0, 0.05) is 18.8 Å². The Morgan fingerprint density at radius 1 is 1.23 bits per heavy atom. The highest BCUT2D eigenvalue weighted by atomic mass is 28.3. The van der Waals surface area contributed by atoms with E-state index in [1.54, 1.807) is 12.1 Å². The number of hydrogen-bond donors (Lipinski definition) is 2. The molecule has 1 rings (SSSR count). The van der Waals surface area contributed by atoms with E-state index in [0.29, 0.717) is 13.2 Å². The smallest absolute Gasteiger partial charge is 0.366 e. The van der Waals surface area contributed by atoms with Crippen molar-refractivity contribution < 1.29 is 8.85 Å². The molecule has 0 radical (unpaired) electrons. The largest absolute Gasteiger partial charge is 0.525 e. The SMILES string of the molecule is NCCO[SiH2]Oc1ccc(N)cc1. The van der Waals surface area contributed by atoms with Crippen LogP contribution in [0.5, 0.6) is 5.75 Å². The van der Waals surface area contributed by atoms with E-state index in [9.17, 15) is 0 Å². The van der Waals surface area contributed by atoms with Crippen molar-refractivity contribution in [1.29, 1.82) is 0 Å². The molecule has 0 unspecified atom stereocenters. The molecule has 5 heteroatoms. The van der Waals surface area contributed by atoms with Gasteiger partial charge in [-0.25, -0.2) is 0 Å². The first-order valence-electron chi connectivity index (χ1n) is 4.09. The van der Waals surface area contributed by atoms with Crippen LogP contribution in [0.4, 0.5) is 5.69 Å². The van der Waals surface area contributed by atoms with Gasteiger partial charge in [-0.2, -0.15) is 0 Å². The van der Waals surface area contributed by atoms with Crippen molar-refractivity contribution in [1.82, 2.24) is 0 Å². The predicted octanol–water partition coefficient (Wildman–Crippen LogP) is -0.378.